The molecule has 2 N–H and O–H groups in total. The van der Waals surface area contributed by atoms with E-state index in [9.17, 15) is 26.4 Å². The molecule has 3 aromatic rings. The van der Waals surface area contributed by atoms with Crippen LogP contribution in [-0.2, 0) is 21.2 Å². The molecule has 0 spiro atoms. The van der Waals surface area contributed by atoms with Crippen molar-refractivity contribution >= 4 is 38.6 Å². The van der Waals surface area contributed by atoms with Crippen molar-refractivity contribution in [1.29, 1.82) is 0 Å². The monoisotopic (exact) mass is 456 g/mol. The van der Waals surface area contributed by atoms with Gasteiger partial charge in [0.2, 0.25) is 5.91 Å². The molecule has 0 saturated heterocycles. The average molecular weight is 456 g/mol. The highest BCUT2D eigenvalue weighted by molar-refractivity contribution is 7.94. The van der Waals surface area contributed by atoms with Crippen LogP contribution in [0.3, 0.4) is 0 Å². The number of hydrogen-bond acceptors (Lipinski definition) is 5. The van der Waals surface area contributed by atoms with Crippen LogP contribution < -0.4 is 14.8 Å². The van der Waals surface area contributed by atoms with E-state index in [0.29, 0.717) is 11.3 Å². The third-order valence-corrected chi connectivity index (χ3v) is 6.46. The second-order valence-corrected chi connectivity index (χ2v) is 8.89. The van der Waals surface area contributed by atoms with E-state index in [-0.39, 0.29) is 16.3 Å². The third-order valence-electron chi connectivity index (χ3n) is 3.68. The van der Waals surface area contributed by atoms with Crippen LogP contribution >= 0.6 is 11.3 Å². The first-order chi connectivity index (χ1) is 14.1. The van der Waals surface area contributed by atoms with Gasteiger partial charge in [0.05, 0.1) is 6.42 Å². The predicted molar refractivity (Wildman–Crippen MR) is 107 cm³/mol. The number of thiophene rings is 1. The van der Waals surface area contributed by atoms with Crippen LogP contribution in [0.4, 0.5) is 24.5 Å². The molecule has 0 aliphatic rings. The third kappa shape index (κ3) is 6.22. The van der Waals surface area contributed by atoms with Crippen LogP contribution in [0.5, 0.6) is 5.75 Å². The van der Waals surface area contributed by atoms with Crippen LogP contribution in [0.2, 0.25) is 0 Å². The average Bonchev–Trinajstić information content (AvgIpc) is 3.18. The summed E-state index contributed by atoms with van der Waals surface area (Å²) in [5.41, 5.74) is 1.08. The van der Waals surface area contributed by atoms with Gasteiger partial charge in [-0.15, -0.1) is 24.5 Å². The smallest absolute Gasteiger partial charge is 0.406 e. The van der Waals surface area contributed by atoms with E-state index >= 15 is 0 Å². The van der Waals surface area contributed by atoms with E-state index in [1.165, 1.54) is 30.3 Å². The van der Waals surface area contributed by atoms with Crippen molar-refractivity contribution in [3.8, 4) is 5.75 Å². The van der Waals surface area contributed by atoms with Gasteiger partial charge in [-0.1, -0.05) is 24.3 Å². The molecule has 0 saturated carbocycles. The zero-order valence-corrected chi connectivity index (χ0v) is 16.8. The number of hydrogen-bond donors (Lipinski definition) is 2. The molecule has 1 aromatic heterocycles. The predicted octanol–water partition coefficient (Wildman–Crippen LogP) is 4.63. The zero-order valence-electron chi connectivity index (χ0n) is 15.1. The Bertz CT molecular complexity index is 1110. The Kier molecular flexibility index (Phi) is 6.32. The van der Waals surface area contributed by atoms with Crippen molar-refractivity contribution in [2.75, 3.05) is 10.0 Å². The summed E-state index contributed by atoms with van der Waals surface area (Å²) in [6, 6.07) is 14.3. The van der Waals surface area contributed by atoms with Crippen molar-refractivity contribution in [2.24, 2.45) is 0 Å². The van der Waals surface area contributed by atoms with Gasteiger partial charge in [-0.2, -0.15) is 0 Å². The minimum absolute atomic E-state index is 0.0533. The summed E-state index contributed by atoms with van der Waals surface area (Å²) in [6.45, 7) is 0. The number of alkyl halides is 3. The van der Waals surface area contributed by atoms with E-state index in [2.05, 4.69) is 14.8 Å². The molecule has 11 heteroatoms. The van der Waals surface area contributed by atoms with Gasteiger partial charge in [-0.25, -0.2) is 8.42 Å². The maximum Gasteiger partial charge on any atom is 0.573 e. The summed E-state index contributed by atoms with van der Waals surface area (Å²) in [5, 5.41) is 4.15. The highest BCUT2D eigenvalue weighted by atomic mass is 32.2. The number of benzene rings is 2. The Morgan fingerprint density at radius 1 is 1.00 bits per heavy atom. The number of anilines is 2. The fraction of sp³-hybridized carbons (Fsp3) is 0.105. The molecule has 6 nitrogen and oxygen atoms in total. The second kappa shape index (κ2) is 8.76. The Morgan fingerprint density at radius 3 is 2.37 bits per heavy atom. The summed E-state index contributed by atoms with van der Waals surface area (Å²) < 4.78 is 67.7. The molecule has 0 aliphatic heterocycles. The summed E-state index contributed by atoms with van der Waals surface area (Å²) in [7, 11) is -3.67. The van der Waals surface area contributed by atoms with Gasteiger partial charge >= 0.3 is 6.36 Å². The number of ether oxygens (including phenoxy) is 1. The minimum Gasteiger partial charge on any atom is -0.406 e. The van der Waals surface area contributed by atoms with Gasteiger partial charge in [0.25, 0.3) is 10.0 Å². The highest BCUT2D eigenvalue weighted by Gasteiger charge is 2.31. The molecular formula is C19H15F3N2O4S2. The van der Waals surface area contributed by atoms with Crippen LogP contribution in [0.1, 0.15) is 5.56 Å². The largest absolute Gasteiger partial charge is 0.573 e. The number of sulfonamides is 1. The second-order valence-electron chi connectivity index (χ2n) is 6.04. The van der Waals surface area contributed by atoms with E-state index in [0.717, 1.165) is 23.5 Å². The van der Waals surface area contributed by atoms with Gasteiger partial charge in [0.15, 0.2) is 0 Å². The Labute approximate surface area is 174 Å². The molecule has 0 radical (unpaired) electrons. The van der Waals surface area contributed by atoms with Gasteiger partial charge in [0, 0.05) is 17.4 Å². The first-order valence-corrected chi connectivity index (χ1v) is 10.8. The fourth-order valence-corrected chi connectivity index (χ4v) is 4.53. The standard InChI is InChI=1S/C19H15F3N2O4S2/c20-19(21,22)28-16-4-1-3-15(12-16)23-17(25)11-13-6-8-14(9-7-13)24-30(26,27)18-5-2-10-29-18/h1-10,12,24H,11H2,(H,23,25). The first-order valence-electron chi connectivity index (χ1n) is 8.42. The Morgan fingerprint density at radius 2 is 1.73 bits per heavy atom. The number of carbonyl (C=O) groups excluding carboxylic acids is 1. The molecule has 0 bridgehead atoms. The molecule has 3 rings (SSSR count). The highest BCUT2D eigenvalue weighted by Crippen LogP contribution is 2.25. The molecule has 30 heavy (non-hydrogen) atoms. The lowest BCUT2D eigenvalue weighted by molar-refractivity contribution is -0.274. The molecule has 1 amide bonds. The molecule has 0 aliphatic carbocycles. The summed E-state index contributed by atoms with van der Waals surface area (Å²) in [5.74, 6) is -0.895. The van der Waals surface area contributed by atoms with Gasteiger partial charge in [-0.3, -0.25) is 9.52 Å². The molecule has 0 atom stereocenters. The topological polar surface area (TPSA) is 84.5 Å². The fourth-order valence-electron chi connectivity index (χ4n) is 2.47. The normalized spacial score (nSPS) is 11.7. The molecule has 1 heterocycles. The lowest BCUT2D eigenvalue weighted by atomic mass is 10.1. The SMILES string of the molecule is O=C(Cc1ccc(NS(=O)(=O)c2cccs2)cc1)Nc1cccc(OC(F)(F)F)c1. The summed E-state index contributed by atoms with van der Waals surface area (Å²) >= 11 is 1.09. The number of amides is 1. The molecular weight excluding hydrogens is 441 g/mol. The molecule has 158 valence electrons. The van der Waals surface area contributed by atoms with Crippen LogP contribution in [0, 0.1) is 0 Å². The lowest BCUT2D eigenvalue weighted by Gasteiger charge is -2.11. The van der Waals surface area contributed by atoms with Gasteiger partial charge < -0.3 is 10.1 Å². The zero-order chi connectivity index (χ0) is 21.8. The Balaban J connectivity index is 1.59. The summed E-state index contributed by atoms with van der Waals surface area (Å²) in [6.07, 6.45) is -4.88. The maximum atomic E-state index is 12.3. The molecule has 0 unspecified atom stereocenters. The minimum atomic E-state index is -4.82. The van der Waals surface area contributed by atoms with Crippen molar-refractivity contribution in [3.05, 3.63) is 71.6 Å². The van der Waals surface area contributed by atoms with E-state index in [1.807, 2.05) is 0 Å². The van der Waals surface area contributed by atoms with Crippen LogP contribution in [0.15, 0.2) is 70.3 Å². The van der Waals surface area contributed by atoms with Crippen molar-refractivity contribution in [3.63, 3.8) is 0 Å². The van der Waals surface area contributed by atoms with E-state index in [4.69, 9.17) is 0 Å². The number of carbonyl (C=O) groups is 1. The number of halogens is 3. The summed E-state index contributed by atoms with van der Waals surface area (Å²) in [4.78, 5) is 12.2. The van der Waals surface area contributed by atoms with Gasteiger partial charge in [0.1, 0.15) is 9.96 Å². The molecule has 0 fully saturated rings. The maximum absolute atomic E-state index is 12.3. The van der Waals surface area contributed by atoms with E-state index < -0.39 is 28.0 Å². The van der Waals surface area contributed by atoms with Gasteiger partial charge in [-0.05, 0) is 41.3 Å². The quantitative estimate of drug-likeness (QED) is 0.543. The van der Waals surface area contributed by atoms with Crippen LogP contribution in [0.25, 0.3) is 0 Å². The number of nitrogens with one attached hydrogen (secondary N) is 2. The Hall–Kier alpha value is -3.05. The molecule has 2 aromatic carbocycles. The first kappa shape index (κ1) is 21.7. The van der Waals surface area contributed by atoms with Crippen molar-refractivity contribution < 1.29 is 31.1 Å². The van der Waals surface area contributed by atoms with Crippen molar-refractivity contribution in [2.45, 2.75) is 17.0 Å². The lowest BCUT2D eigenvalue weighted by Crippen LogP contribution is -2.18. The van der Waals surface area contributed by atoms with Crippen molar-refractivity contribution in [1.82, 2.24) is 0 Å². The van der Waals surface area contributed by atoms with Crippen LogP contribution in [-0.4, -0.2) is 20.7 Å². The number of rotatable bonds is 7. The van der Waals surface area contributed by atoms with E-state index in [1.54, 1.807) is 23.6 Å².